The lowest BCUT2D eigenvalue weighted by Gasteiger charge is -2.27. The smallest absolute Gasteiger partial charge is 0.262 e. The molecule has 0 radical (unpaired) electrons. The van der Waals surface area contributed by atoms with E-state index in [-0.39, 0.29) is 18.7 Å². The van der Waals surface area contributed by atoms with Gasteiger partial charge in [-0.05, 0) is 63.5 Å². The van der Waals surface area contributed by atoms with E-state index in [0.717, 1.165) is 42.8 Å². The maximum atomic E-state index is 12.9. The zero-order valence-electron chi connectivity index (χ0n) is 16.6. The van der Waals surface area contributed by atoms with E-state index in [1.165, 1.54) is 0 Å². The molecule has 1 aromatic carbocycles. The van der Waals surface area contributed by atoms with E-state index in [9.17, 15) is 19.2 Å². The first kappa shape index (κ1) is 19.7. The molecule has 4 amide bonds. The molecule has 2 N–H and O–H groups in total. The number of nitrogens with zero attached hydrogens (tertiary/aromatic N) is 2. The monoisotopic (exact) mass is 398 g/mol. The van der Waals surface area contributed by atoms with Gasteiger partial charge in [0.25, 0.3) is 11.8 Å². The van der Waals surface area contributed by atoms with E-state index in [4.69, 9.17) is 0 Å². The highest BCUT2D eigenvalue weighted by molar-refractivity contribution is 6.23. The molecule has 1 aromatic rings. The third kappa shape index (κ3) is 3.82. The van der Waals surface area contributed by atoms with Crippen molar-refractivity contribution in [1.29, 1.82) is 0 Å². The van der Waals surface area contributed by atoms with Gasteiger partial charge in [0.2, 0.25) is 11.8 Å². The van der Waals surface area contributed by atoms with E-state index >= 15 is 0 Å². The molecule has 2 atom stereocenters. The van der Waals surface area contributed by atoms with Gasteiger partial charge in [0, 0.05) is 19.0 Å². The Morgan fingerprint density at radius 1 is 1.03 bits per heavy atom. The molecule has 0 aromatic heterocycles. The molecule has 8 nitrogen and oxygen atoms in total. The van der Waals surface area contributed by atoms with Crippen LogP contribution in [0, 0.1) is 0 Å². The van der Waals surface area contributed by atoms with Crippen molar-refractivity contribution in [2.24, 2.45) is 0 Å². The fraction of sp³-hybridized carbons (Fsp3) is 0.524. The zero-order valence-corrected chi connectivity index (χ0v) is 16.6. The predicted octanol–water partition coefficient (Wildman–Crippen LogP) is 0.662. The summed E-state index contributed by atoms with van der Waals surface area (Å²) in [6.45, 7) is 2.75. The second-order valence-corrected chi connectivity index (χ2v) is 8.08. The van der Waals surface area contributed by atoms with Crippen LogP contribution in [0.4, 0.5) is 0 Å². The summed E-state index contributed by atoms with van der Waals surface area (Å²) in [5.74, 6) is -1.88. The molecule has 4 rings (SSSR count). The minimum Gasteiger partial charge on any atom is -0.317 e. The van der Waals surface area contributed by atoms with Crippen molar-refractivity contribution >= 4 is 23.6 Å². The summed E-state index contributed by atoms with van der Waals surface area (Å²) < 4.78 is 0. The number of benzene rings is 1. The van der Waals surface area contributed by atoms with E-state index in [0.29, 0.717) is 23.7 Å². The van der Waals surface area contributed by atoms with Crippen molar-refractivity contribution in [1.82, 2.24) is 20.4 Å². The third-order valence-electron chi connectivity index (χ3n) is 6.10. The van der Waals surface area contributed by atoms with Gasteiger partial charge < -0.3 is 5.32 Å². The molecule has 2 unspecified atom stereocenters. The lowest BCUT2D eigenvalue weighted by molar-refractivity contribution is -0.136. The highest BCUT2D eigenvalue weighted by atomic mass is 16.2. The number of imide groups is 2. The van der Waals surface area contributed by atoms with Crippen molar-refractivity contribution in [3.63, 3.8) is 0 Å². The molecular formula is C21H26N4O4. The van der Waals surface area contributed by atoms with E-state index in [2.05, 4.69) is 22.6 Å². The van der Waals surface area contributed by atoms with Crippen LogP contribution < -0.4 is 10.6 Å². The second-order valence-electron chi connectivity index (χ2n) is 8.08. The first-order valence-electron chi connectivity index (χ1n) is 10.2. The molecule has 0 spiro atoms. The maximum Gasteiger partial charge on any atom is 0.262 e. The minimum absolute atomic E-state index is 0.121. The summed E-state index contributed by atoms with van der Waals surface area (Å²) in [6.07, 6.45) is 3.65. The number of hydrogen-bond acceptors (Lipinski definition) is 6. The molecule has 0 bridgehead atoms. The van der Waals surface area contributed by atoms with Gasteiger partial charge in [-0.3, -0.25) is 34.3 Å². The van der Waals surface area contributed by atoms with Crippen molar-refractivity contribution in [2.75, 3.05) is 20.1 Å². The van der Waals surface area contributed by atoms with E-state index in [1.807, 2.05) is 6.07 Å². The number of hydrogen-bond donors (Lipinski definition) is 2. The molecule has 8 heteroatoms. The standard InChI is InChI=1S/C21H26N4O4/c1-24(14-3-2-9-22-10-8-14)12-13-4-5-15-16(11-13)21(29)25(20(15)28)17-6-7-18(26)23-19(17)27/h4-5,11,14,17,22H,2-3,6-10,12H2,1H3,(H,23,26,27). The quantitative estimate of drug-likeness (QED) is 0.723. The van der Waals surface area contributed by atoms with Crippen LogP contribution in [0.5, 0.6) is 0 Å². The van der Waals surface area contributed by atoms with Crippen LogP contribution >= 0.6 is 0 Å². The summed E-state index contributed by atoms with van der Waals surface area (Å²) in [4.78, 5) is 52.6. The normalized spacial score (nSPS) is 25.2. The van der Waals surface area contributed by atoms with Crippen molar-refractivity contribution in [3.8, 4) is 0 Å². The molecule has 3 heterocycles. The number of carbonyl (C=O) groups excluding carboxylic acids is 4. The van der Waals surface area contributed by atoms with Crippen LogP contribution in [-0.2, 0) is 16.1 Å². The van der Waals surface area contributed by atoms with Gasteiger partial charge >= 0.3 is 0 Å². The highest BCUT2D eigenvalue weighted by Crippen LogP contribution is 2.29. The lowest BCUT2D eigenvalue weighted by Crippen LogP contribution is -2.54. The second kappa shape index (κ2) is 8.04. The van der Waals surface area contributed by atoms with Crippen LogP contribution in [0.3, 0.4) is 0 Å². The Morgan fingerprint density at radius 3 is 2.62 bits per heavy atom. The SMILES string of the molecule is CN(Cc1ccc2c(c1)C(=O)N(C1CCC(=O)NC1=O)C2=O)C1CCCNCC1. The van der Waals surface area contributed by atoms with Gasteiger partial charge in [0.15, 0.2) is 0 Å². The van der Waals surface area contributed by atoms with Gasteiger partial charge in [-0.1, -0.05) is 6.07 Å². The summed E-state index contributed by atoms with van der Waals surface area (Å²) in [7, 11) is 2.09. The van der Waals surface area contributed by atoms with Crippen molar-refractivity contribution in [3.05, 3.63) is 34.9 Å². The fourth-order valence-electron chi connectivity index (χ4n) is 4.48. The fourth-order valence-corrected chi connectivity index (χ4v) is 4.48. The van der Waals surface area contributed by atoms with Crippen molar-refractivity contribution in [2.45, 2.75) is 50.7 Å². The van der Waals surface area contributed by atoms with Crippen LogP contribution in [-0.4, -0.2) is 65.6 Å². The molecule has 0 aliphatic carbocycles. The number of amides is 4. The summed E-state index contributed by atoms with van der Waals surface area (Å²) in [6, 6.07) is 4.88. The van der Waals surface area contributed by atoms with Crippen LogP contribution in [0.15, 0.2) is 18.2 Å². The van der Waals surface area contributed by atoms with Gasteiger partial charge in [0.05, 0.1) is 11.1 Å². The molecule has 2 fully saturated rings. The molecule has 0 saturated carbocycles. The number of fused-ring (bicyclic) bond motifs is 1. The number of piperidine rings is 1. The molecule has 154 valence electrons. The summed E-state index contributed by atoms with van der Waals surface area (Å²) >= 11 is 0. The first-order valence-corrected chi connectivity index (χ1v) is 10.2. The van der Waals surface area contributed by atoms with Gasteiger partial charge in [0.1, 0.15) is 6.04 Å². The van der Waals surface area contributed by atoms with Gasteiger partial charge in [-0.15, -0.1) is 0 Å². The predicted molar refractivity (Wildman–Crippen MR) is 105 cm³/mol. The average Bonchev–Trinajstić information content (AvgIpc) is 2.88. The Labute approximate surface area is 169 Å². The topological polar surface area (TPSA) is 98.8 Å². The first-order chi connectivity index (χ1) is 14.0. The third-order valence-corrected chi connectivity index (χ3v) is 6.10. The highest BCUT2D eigenvalue weighted by Gasteiger charge is 2.44. The van der Waals surface area contributed by atoms with Crippen LogP contribution in [0.1, 0.15) is 58.4 Å². The Bertz CT molecular complexity index is 860. The van der Waals surface area contributed by atoms with E-state index < -0.39 is 23.8 Å². The Hall–Kier alpha value is -2.58. The minimum atomic E-state index is -0.926. The van der Waals surface area contributed by atoms with E-state index in [1.54, 1.807) is 12.1 Å². The summed E-state index contributed by atoms with van der Waals surface area (Å²) in [5, 5.41) is 5.63. The molecule has 29 heavy (non-hydrogen) atoms. The number of rotatable bonds is 4. The van der Waals surface area contributed by atoms with Gasteiger partial charge in [-0.25, -0.2) is 0 Å². The molecular weight excluding hydrogens is 372 g/mol. The van der Waals surface area contributed by atoms with Crippen LogP contribution in [0.2, 0.25) is 0 Å². The average molecular weight is 398 g/mol. The molecule has 2 saturated heterocycles. The number of nitrogens with one attached hydrogen (secondary N) is 2. The molecule has 3 aliphatic rings. The maximum absolute atomic E-state index is 12.9. The lowest BCUT2D eigenvalue weighted by atomic mass is 10.0. The Kier molecular flexibility index (Phi) is 5.47. The summed E-state index contributed by atoms with van der Waals surface area (Å²) in [5.41, 5.74) is 1.63. The largest absolute Gasteiger partial charge is 0.317 e. The zero-order chi connectivity index (χ0) is 20.5. The van der Waals surface area contributed by atoms with Crippen molar-refractivity contribution < 1.29 is 19.2 Å². The number of carbonyl (C=O) groups is 4. The Morgan fingerprint density at radius 2 is 1.83 bits per heavy atom. The van der Waals surface area contributed by atoms with Gasteiger partial charge in [-0.2, -0.15) is 0 Å². The Balaban J connectivity index is 1.51. The van der Waals surface area contributed by atoms with Crippen LogP contribution in [0.25, 0.3) is 0 Å². The molecule has 3 aliphatic heterocycles.